The number of morpholine rings is 1. The maximum Gasteiger partial charge on any atom is 0.341 e. The molecule has 24 heavy (non-hydrogen) atoms. The van der Waals surface area contributed by atoms with Gasteiger partial charge < -0.3 is 14.1 Å². The minimum atomic E-state index is -4.58. The van der Waals surface area contributed by atoms with E-state index in [-0.39, 0.29) is 10.9 Å². The summed E-state index contributed by atoms with van der Waals surface area (Å²) < 4.78 is 59.4. The highest BCUT2D eigenvalue weighted by molar-refractivity contribution is 7.91. The first kappa shape index (κ1) is 16.9. The predicted molar refractivity (Wildman–Crippen MR) is 84.0 cm³/mol. The molecule has 1 aliphatic rings. The van der Waals surface area contributed by atoms with E-state index in [9.17, 15) is 17.2 Å². The third kappa shape index (κ3) is 3.16. The van der Waals surface area contributed by atoms with Crippen LogP contribution in [0.4, 0.5) is 14.5 Å². The Bertz CT molecular complexity index is 802. The van der Waals surface area contributed by atoms with Crippen molar-refractivity contribution >= 4 is 15.5 Å². The van der Waals surface area contributed by atoms with Gasteiger partial charge in [-0.15, -0.1) is 0 Å². The molecule has 1 atom stereocenters. The molecule has 2 heterocycles. The average molecular weight is 357 g/mol. The van der Waals surface area contributed by atoms with Crippen molar-refractivity contribution in [2.45, 2.75) is 23.6 Å². The Kier molecular flexibility index (Phi) is 4.60. The lowest BCUT2D eigenvalue weighted by molar-refractivity contribution is 0.0874. The largest absolute Gasteiger partial charge is 0.464 e. The molecule has 0 amide bonds. The van der Waals surface area contributed by atoms with E-state index in [1.165, 1.54) is 24.3 Å². The molecule has 0 bridgehead atoms. The highest BCUT2D eigenvalue weighted by atomic mass is 32.2. The van der Waals surface area contributed by atoms with E-state index in [2.05, 4.69) is 0 Å². The number of sulfone groups is 1. The van der Waals surface area contributed by atoms with E-state index in [1.807, 2.05) is 24.0 Å². The van der Waals surface area contributed by atoms with Crippen LogP contribution in [0.3, 0.4) is 0 Å². The predicted octanol–water partition coefficient (Wildman–Crippen LogP) is 3.16. The smallest absolute Gasteiger partial charge is 0.341 e. The van der Waals surface area contributed by atoms with Gasteiger partial charge in [-0.05, 0) is 43.3 Å². The zero-order chi connectivity index (χ0) is 17.3. The average Bonchev–Trinajstić information content (AvgIpc) is 3.01. The summed E-state index contributed by atoms with van der Waals surface area (Å²) in [6.07, 6.45) is 0. The quantitative estimate of drug-likeness (QED) is 0.841. The second kappa shape index (κ2) is 6.52. The maximum absolute atomic E-state index is 12.6. The maximum atomic E-state index is 12.6. The van der Waals surface area contributed by atoms with Crippen molar-refractivity contribution < 1.29 is 26.4 Å². The molecule has 0 saturated carbocycles. The molecule has 8 heteroatoms. The summed E-state index contributed by atoms with van der Waals surface area (Å²) in [5.41, 5.74) is 0.727. The van der Waals surface area contributed by atoms with Crippen LogP contribution >= 0.6 is 0 Å². The number of ether oxygens (including phenoxy) is 1. The lowest BCUT2D eigenvalue weighted by Gasteiger charge is -2.36. The Labute approximate surface area is 138 Å². The van der Waals surface area contributed by atoms with Gasteiger partial charge in [0.25, 0.3) is 0 Å². The Balaban J connectivity index is 1.89. The van der Waals surface area contributed by atoms with Crippen LogP contribution in [0.5, 0.6) is 0 Å². The van der Waals surface area contributed by atoms with Gasteiger partial charge in [-0.1, -0.05) is 0 Å². The molecule has 1 aromatic heterocycles. The molecular formula is C16H17F2NO4S. The van der Waals surface area contributed by atoms with E-state index in [0.29, 0.717) is 19.8 Å². The SMILES string of the molecule is Cc1ccc(C2COCCN2c2ccc(S(=O)(=O)C(F)F)cc2)o1. The van der Waals surface area contributed by atoms with Gasteiger partial charge in [0.05, 0.1) is 18.1 Å². The second-order valence-electron chi connectivity index (χ2n) is 5.53. The molecule has 2 aromatic rings. The highest BCUT2D eigenvalue weighted by Crippen LogP contribution is 2.32. The third-order valence-corrected chi connectivity index (χ3v) is 5.35. The minimum absolute atomic E-state index is 0.148. The van der Waals surface area contributed by atoms with E-state index in [1.54, 1.807) is 0 Å². The Morgan fingerprint density at radius 2 is 1.88 bits per heavy atom. The van der Waals surface area contributed by atoms with Gasteiger partial charge in [-0.25, -0.2) is 8.42 Å². The Morgan fingerprint density at radius 3 is 2.46 bits per heavy atom. The fourth-order valence-corrected chi connectivity index (χ4v) is 3.43. The molecule has 5 nitrogen and oxygen atoms in total. The molecule has 1 aromatic carbocycles. The van der Waals surface area contributed by atoms with E-state index in [0.717, 1.165) is 17.2 Å². The van der Waals surface area contributed by atoms with Gasteiger partial charge in [-0.2, -0.15) is 8.78 Å². The van der Waals surface area contributed by atoms with Crippen molar-refractivity contribution in [2.75, 3.05) is 24.7 Å². The number of halogens is 2. The molecule has 1 saturated heterocycles. The first-order valence-corrected chi connectivity index (χ1v) is 8.97. The van der Waals surface area contributed by atoms with Crippen molar-refractivity contribution in [3.05, 3.63) is 47.9 Å². The fourth-order valence-electron chi connectivity index (χ4n) is 2.71. The van der Waals surface area contributed by atoms with E-state index in [4.69, 9.17) is 9.15 Å². The van der Waals surface area contributed by atoms with Crippen LogP contribution in [-0.4, -0.2) is 33.9 Å². The normalized spacial score (nSPS) is 19.0. The van der Waals surface area contributed by atoms with Crippen LogP contribution in [0.2, 0.25) is 0 Å². The van der Waals surface area contributed by atoms with Crippen LogP contribution in [-0.2, 0) is 14.6 Å². The molecule has 0 radical (unpaired) electrons. The summed E-state index contributed by atoms with van der Waals surface area (Å²) in [4.78, 5) is 1.63. The molecule has 1 fully saturated rings. The Hall–Kier alpha value is -1.93. The van der Waals surface area contributed by atoms with Gasteiger partial charge in [0.15, 0.2) is 0 Å². The van der Waals surface area contributed by atoms with Crippen molar-refractivity contribution in [2.24, 2.45) is 0 Å². The number of nitrogens with zero attached hydrogens (tertiary/aromatic N) is 1. The van der Waals surface area contributed by atoms with Gasteiger partial charge in [0.2, 0.25) is 9.84 Å². The molecule has 3 rings (SSSR count). The van der Waals surface area contributed by atoms with Gasteiger partial charge in [0.1, 0.15) is 17.6 Å². The van der Waals surface area contributed by atoms with Crippen LogP contribution in [0.25, 0.3) is 0 Å². The molecule has 1 unspecified atom stereocenters. The molecule has 130 valence electrons. The van der Waals surface area contributed by atoms with Crippen LogP contribution in [0.1, 0.15) is 17.6 Å². The summed E-state index contributed by atoms with van der Waals surface area (Å²) in [7, 11) is -4.58. The van der Waals surface area contributed by atoms with Crippen molar-refractivity contribution in [1.82, 2.24) is 0 Å². The second-order valence-corrected chi connectivity index (χ2v) is 7.45. The van der Waals surface area contributed by atoms with Gasteiger partial charge >= 0.3 is 5.76 Å². The summed E-state index contributed by atoms with van der Waals surface area (Å²) in [5, 5.41) is 0. The minimum Gasteiger partial charge on any atom is -0.464 e. The zero-order valence-electron chi connectivity index (χ0n) is 13.0. The standard InChI is InChI=1S/C16H17F2NO4S/c1-11-2-7-15(23-11)14-10-22-9-8-19(14)12-3-5-13(6-4-12)24(20,21)16(17)18/h2-7,14,16H,8-10H2,1H3. The van der Waals surface area contributed by atoms with Crippen molar-refractivity contribution in [3.63, 3.8) is 0 Å². The monoisotopic (exact) mass is 357 g/mol. The zero-order valence-corrected chi connectivity index (χ0v) is 13.8. The number of anilines is 1. The number of aryl methyl sites for hydroxylation is 1. The number of rotatable bonds is 4. The molecule has 0 aliphatic carbocycles. The molecule has 0 spiro atoms. The number of benzene rings is 1. The third-order valence-electron chi connectivity index (χ3n) is 3.95. The first-order valence-electron chi connectivity index (χ1n) is 7.42. The van der Waals surface area contributed by atoms with Crippen LogP contribution < -0.4 is 4.90 Å². The summed E-state index contributed by atoms with van der Waals surface area (Å²) >= 11 is 0. The Morgan fingerprint density at radius 1 is 1.17 bits per heavy atom. The molecule has 1 aliphatic heterocycles. The van der Waals surface area contributed by atoms with Crippen molar-refractivity contribution in [1.29, 1.82) is 0 Å². The van der Waals surface area contributed by atoms with E-state index < -0.39 is 15.6 Å². The summed E-state index contributed by atoms with van der Waals surface area (Å²) in [5.74, 6) is -1.89. The fraction of sp³-hybridized carbons (Fsp3) is 0.375. The summed E-state index contributed by atoms with van der Waals surface area (Å²) in [6.45, 7) is 3.39. The van der Waals surface area contributed by atoms with E-state index >= 15 is 0 Å². The summed E-state index contributed by atoms with van der Waals surface area (Å²) in [6, 6.07) is 9.06. The number of hydrogen-bond donors (Lipinski definition) is 0. The van der Waals surface area contributed by atoms with Crippen molar-refractivity contribution in [3.8, 4) is 0 Å². The molecular weight excluding hydrogens is 340 g/mol. The lowest BCUT2D eigenvalue weighted by atomic mass is 10.1. The van der Waals surface area contributed by atoms with Gasteiger partial charge in [0, 0.05) is 12.2 Å². The topological polar surface area (TPSA) is 59.8 Å². The number of alkyl halides is 2. The molecule has 0 N–H and O–H groups in total. The number of furan rings is 1. The van der Waals surface area contributed by atoms with Gasteiger partial charge in [-0.3, -0.25) is 0 Å². The number of hydrogen-bond acceptors (Lipinski definition) is 5. The highest BCUT2D eigenvalue weighted by Gasteiger charge is 2.29. The van der Waals surface area contributed by atoms with Crippen LogP contribution in [0.15, 0.2) is 45.7 Å². The van der Waals surface area contributed by atoms with Crippen LogP contribution in [0, 0.1) is 6.92 Å². The first-order chi connectivity index (χ1) is 11.4. The lowest BCUT2D eigenvalue weighted by Crippen LogP contribution is -2.39.